The van der Waals surface area contributed by atoms with Crippen LogP contribution in [-0.4, -0.2) is 93.1 Å². The molecule has 4 N–H and O–H groups in total. The van der Waals surface area contributed by atoms with Crippen LogP contribution in [0.15, 0.2) is 48.8 Å². The van der Waals surface area contributed by atoms with Gasteiger partial charge in [0, 0.05) is 18.7 Å². The molecule has 2 saturated heterocycles. The molecule has 14 nitrogen and oxygen atoms in total. The maximum atomic E-state index is 13.3. The van der Waals surface area contributed by atoms with Gasteiger partial charge in [-0.3, -0.25) is 9.59 Å². The van der Waals surface area contributed by atoms with E-state index in [0.29, 0.717) is 24.9 Å². The molecule has 0 spiro atoms. The monoisotopic (exact) mass is 748 g/mol. The molecule has 2 aromatic heterocycles. The molecule has 2 aromatic carbocycles. The fraction of sp³-hybridized carbons (Fsp3) is 0.463. The van der Waals surface area contributed by atoms with Crippen LogP contribution in [0.4, 0.5) is 9.59 Å². The van der Waals surface area contributed by atoms with Gasteiger partial charge in [0.05, 0.1) is 50.1 Å². The minimum Gasteiger partial charge on any atom is -0.453 e. The average Bonchev–Trinajstić information content (AvgIpc) is 4.06. The molecule has 8 rings (SSSR count). The van der Waals surface area contributed by atoms with Crippen LogP contribution < -0.4 is 10.6 Å². The summed E-state index contributed by atoms with van der Waals surface area (Å²) in [6.45, 7) is 4.55. The first-order valence-corrected chi connectivity index (χ1v) is 19.3. The Morgan fingerprint density at radius 3 is 1.69 bits per heavy atom. The number of hydrogen-bond donors (Lipinski definition) is 4. The van der Waals surface area contributed by atoms with Crippen molar-refractivity contribution in [3.63, 3.8) is 0 Å². The van der Waals surface area contributed by atoms with Crippen molar-refractivity contribution in [3.05, 3.63) is 71.6 Å². The van der Waals surface area contributed by atoms with Gasteiger partial charge in [-0.15, -0.1) is 0 Å². The van der Waals surface area contributed by atoms with E-state index in [0.717, 1.165) is 60.7 Å². The van der Waals surface area contributed by atoms with Gasteiger partial charge in [-0.1, -0.05) is 36.4 Å². The normalized spacial score (nSPS) is 22.3. The second-order valence-electron chi connectivity index (χ2n) is 15.2. The summed E-state index contributed by atoms with van der Waals surface area (Å²) in [5, 5.41) is 5.17. The van der Waals surface area contributed by atoms with Gasteiger partial charge in [0.2, 0.25) is 11.8 Å². The van der Waals surface area contributed by atoms with Gasteiger partial charge in [-0.05, 0) is 98.4 Å². The number of likely N-dealkylation sites (tertiary alicyclic amines) is 2. The van der Waals surface area contributed by atoms with Crippen LogP contribution in [0.2, 0.25) is 0 Å². The smallest absolute Gasteiger partial charge is 0.407 e. The fourth-order valence-electron chi connectivity index (χ4n) is 9.36. The van der Waals surface area contributed by atoms with Crippen LogP contribution in [-0.2, 0) is 19.1 Å². The predicted octanol–water partition coefficient (Wildman–Crippen LogP) is 6.31. The van der Waals surface area contributed by atoms with E-state index >= 15 is 0 Å². The van der Waals surface area contributed by atoms with E-state index in [2.05, 4.69) is 66.7 Å². The van der Waals surface area contributed by atoms with Crippen LogP contribution in [0.3, 0.4) is 0 Å². The maximum absolute atomic E-state index is 13.3. The number of fused-ring (bicyclic) bond motifs is 5. The summed E-state index contributed by atoms with van der Waals surface area (Å²) >= 11 is 0. The quantitative estimate of drug-likeness (QED) is 0.154. The number of benzene rings is 2. The molecule has 4 amide bonds. The van der Waals surface area contributed by atoms with Crippen LogP contribution >= 0.6 is 0 Å². The van der Waals surface area contributed by atoms with E-state index in [9.17, 15) is 19.2 Å². The molecule has 4 heterocycles. The molecular weight excluding hydrogens is 701 g/mol. The van der Waals surface area contributed by atoms with Gasteiger partial charge in [0.15, 0.2) is 0 Å². The molecule has 288 valence electrons. The summed E-state index contributed by atoms with van der Waals surface area (Å²) in [6.07, 6.45) is 9.30. The van der Waals surface area contributed by atoms with Crippen molar-refractivity contribution in [2.24, 2.45) is 0 Å². The van der Waals surface area contributed by atoms with Crippen molar-refractivity contribution >= 4 is 24.0 Å². The van der Waals surface area contributed by atoms with Crippen molar-refractivity contribution in [2.75, 3.05) is 27.3 Å². The van der Waals surface area contributed by atoms with Crippen molar-refractivity contribution in [3.8, 4) is 33.6 Å². The van der Waals surface area contributed by atoms with Gasteiger partial charge >= 0.3 is 12.2 Å². The number of hydrogen-bond acceptors (Lipinski definition) is 8. The Labute approximate surface area is 319 Å². The van der Waals surface area contributed by atoms with Crippen molar-refractivity contribution in [1.82, 2.24) is 40.4 Å². The number of amides is 4. The van der Waals surface area contributed by atoms with Crippen LogP contribution in [0.25, 0.3) is 33.6 Å². The summed E-state index contributed by atoms with van der Waals surface area (Å²) in [5.41, 5.74) is 9.31. The van der Waals surface area contributed by atoms with Crippen molar-refractivity contribution in [1.29, 1.82) is 0 Å². The third kappa shape index (κ3) is 6.71. The summed E-state index contributed by atoms with van der Waals surface area (Å²) in [7, 11) is 2.56. The zero-order valence-corrected chi connectivity index (χ0v) is 31.7. The second kappa shape index (κ2) is 14.9. The summed E-state index contributed by atoms with van der Waals surface area (Å²) in [4.78, 5) is 70.1. The lowest BCUT2D eigenvalue weighted by Crippen LogP contribution is -2.46. The molecule has 55 heavy (non-hydrogen) atoms. The Kier molecular flexibility index (Phi) is 9.82. The highest BCUT2D eigenvalue weighted by Crippen LogP contribution is 2.58. The molecule has 14 heteroatoms. The lowest BCUT2D eigenvalue weighted by atomic mass is 9.82. The first kappa shape index (κ1) is 36.3. The summed E-state index contributed by atoms with van der Waals surface area (Å²) in [5.74, 6) is 2.20. The van der Waals surface area contributed by atoms with Crippen LogP contribution in [0.5, 0.6) is 0 Å². The first-order chi connectivity index (χ1) is 26.6. The molecule has 2 aliphatic heterocycles. The topological polar surface area (TPSA) is 175 Å². The first-order valence-electron chi connectivity index (χ1n) is 19.3. The average molecular weight is 749 g/mol. The highest BCUT2D eigenvalue weighted by molar-refractivity contribution is 5.87. The SMILES string of the molecule is COC(=O)NC(C)C(=O)N1CCCC1c1ncc(-c2ccc(-c3ccc(-c4cnc(C5CCCN5C(=O)C(C)NC(=O)OC)[nH]4)c4c3C3CCC4C3)cc2)[nH]1. The van der Waals surface area contributed by atoms with E-state index < -0.39 is 24.3 Å². The number of alkyl carbamates (subject to hydrolysis) is 2. The Balaban J connectivity index is 1.01. The maximum Gasteiger partial charge on any atom is 0.407 e. The molecule has 4 aliphatic rings. The molecule has 0 radical (unpaired) electrons. The minimum absolute atomic E-state index is 0.152. The number of aromatic amines is 2. The molecule has 1 saturated carbocycles. The molecule has 3 fully saturated rings. The van der Waals surface area contributed by atoms with Gasteiger partial charge < -0.3 is 39.9 Å². The Hall–Kier alpha value is -5.66. The Morgan fingerprint density at radius 2 is 1.15 bits per heavy atom. The van der Waals surface area contributed by atoms with E-state index in [1.165, 1.54) is 54.9 Å². The number of methoxy groups -OCH3 is 2. The van der Waals surface area contributed by atoms with Gasteiger partial charge in [-0.2, -0.15) is 0 Å². The molecule has 4 aromatic rings. The third-order valence-electron chi connectivity index (χ3n) is 12.0. The predicted molar refractivity (Wildman–Crippen MR) is 204 cm³/mol. The molecule has 6 atom stereocenters. The van der Waals surface area contributed by atoms with E-state index in [-0.39, 0.29) is 23.9 Å². The second-order valence-corrected chi connectivity index (χ2v) is 15.2. The fourth-order valence-corrected chi connectivity index (χ4v) is 9.36. The standard InChI is InChI=1S/C41H48N8O6/c1-22(44-40(52)54-3)38(50)48-17-5-7-32(48)36-42-20-30(46-36)25-11-9-24(10-12-25)28-15-16-29(35-27-14-13-26(19-27)34(28)35)31-21-43-37(47-31)33-8-6-18-49(33)39(51)23(2)45-41(53)55-4/h9-12,15-16,20-23,26-27,32-33H,5-8,13-14,17-19H2,1-4H3,(H,42,46)(H,43,47)(H,44,52)(H,45,53). The molecule has 2 bridgehead atoms. The number of ether oxygens (including phenoxy) is 2. The largest absolute Gasteiger partial charge is 0.453 e. The number of nitrogens with one attached hydrogen (secondary N) is 4. The number of carbonyl (C=O) groups is 4. The zero-order chi connectivity index (χ0) is 38.4. The molecular formula is C41H48N8O6. The zero-order valence-electron chi connectivity index (χ0n) is 31.7. The van der Waals surface area contributed by atoms with Crippen molar-refractivity contribution in [2.45, 2.75) is 94.8 Å². The van der Waals surface area contributed by atoms with Gasteiger partial charge in [-0.25, -0.2) is 19.6 Å². The van der Waals surface area contributed by atoms with E-state index in [1.807, 2.05) is 17.3 Å². The third-order valence-corrected chi connectivity index (χ3v) is 12.0. The lowest BCUT2D eigenvalue weighted by molar-refractivity contribution is -0.134. The summed E-state index contributed by atoms with van der Waals surface area (Å²) in [6, 6.07) is 11.3. The number of nitrogens with zero attached hydrogens (tertiary/aromatic N) is 4. The van der Waals surface area contributed by atoms with Crippen LogP contribution in [0.1, 0.15) is 105 Å². The highest BCUT2D eigenvalue weighted by atomic mass is 16.5. The number of H-pyrrole nitrogens is 2. The number of imidazole rings is 2. The number of aromatic nitrogens is 4. The van der Waals surface area contributed by atoms with Gasteiger partial charge in [0.1, 0.15) is 23.7 Å². The number of carbonyl (C=O) groups excluding carboxylic acids is 4. The number of rotatable bonds is 9. The van der Waals surface area contributed by atoms with Crippen molar-refractivity contribution < 1.29 is 28.7 Å². The van der Waals surface area contributed by atoms with E-state index in [1.54, 1.807) is 18.7 Å². The Bertz CT molecular complexity index is 2110. The molecule has 2 aliphatic carbocycles. The molecule has 6 unspecified atom stereocenters. The Morgan fingerprint density at radius 1 is 0.673 bits per heavy atom. The highest BCUT2D eigenvalue weighted by Gasteiger charge is 2.41. The van der Waals surface area contributed by atoms with E-state index in [4.69, 9.17) is 9.72 Å². The van der Waals surface area contributed by atoms with Crippen LogP contribution in [0, 0.1) is 0 Å². The van der Waals surface area contributed by atoms with Gasteiger partial charge in [0.25, 0.3) is 0 Å². The minimum atomic E-state index is -0.703. The summed E-state index contributed by atoms with van der Waals surface area (Å²) < 4.78 is 9.36. The lowest BCUT2D eigenvalue weighted by Gasteiger charge is -2.26.